The van der Waals surface area contributed by atoms with Gasteiger partial charge in [0.2, 0.25) is 0 Å². The van der Waals surface area contributed by atoms with Crippen LogP contribution in [0.25, 0.3) is 0 Å². The molecule has 0 aromatic heterocycles. The minimum Gasteiger partial charge on any atom is -0.397 e. The van der Waals surface area contributed by atoms with Gasteiger partial charge in [-0.2, -0.15) is 0 Å². The summed E-state index contributed by atoms with van der Waals surface area (Å²) < 4.78 is 0. The lowest BCUT2D eigenvalue weighted by Crippen LogP contribution is -2.44. The van der Waals surface area contributed by atoms with Gasteiger partial charge in [-0.05, 0) is 39.1 Å². The molecule has 1 aromatic rings. The van der Waals surface area contributed by atoms with E-state index >= 15 is 0 Å². The first kappa shape index (κ1) is 14.0. The zero-order valence-electron chi connectivity index (χ0n) is 12.4. The second kappa shape index (κ2) is 6.15. The van der Waals surface area contributed by atoms with Gasteiger partial charge in [-0.15, -0.1) is 0 Å². The summed E-state index contributed by atoms with van der Waals surface area (Å²) in [5, 5.41) is 0. The van der Waals surface area contributed by atoms with Crippen LogP contribution in [-0.4, -0.2) is 51.2 Å². The first-order valence-corrected chi connectivity index (χ1v) is 7.23. The highest BCUT2D eigenvalue weighted by Crippen LogP contribution is 2.29. The van der Waals surface area contributed by atoms with E-state index in [9.17, 15) is 0 Å². The number of hydrogen-bond donors (Lipinski definition) is 1. The number of nitrogens with two attached hydrogens (primary N) is 1. The van der Waals surface area contributed by atoms with Gasteiger partial charge in [-0.3, -0.25) is 0 Å². The van der Waals surface area contributed by atoms with Crippen LogP contribution in [0.15, 0.2) is 18.2 Å². The Kier molecular flexibility index (Phi) is 4.53. The van der Waals surface area contributed by atoms with E-state index < -0.39 is 0 Å². The summed E-state index contributed by atoms with van der Waals surface area (Å²) in [5.74, 6) is 0. The van der Waals surface area contributed by atoms with Crippen molar-refractivity contribution in [2.45, 2.75) is 13.8 Å². The number of piperazine rings is 1. The Labute approximate surface area is 116 Å². The van der Waals surface area contributed by atoms with Gasteiger partial charge in [0.25, 0.3) is 0 Å². The van der Waals surface area contributed by atoms with Crippen molar-refractivity contribution in [3.8, 4) is 0 Å². The molecule has 19 heavy (non-hydrogen) atoms. The summed E-state index contributed by atoms with van der Waals surface area (Å²) in [5.41, 5.74) is 9.56. The van der Waals surface area contributed by atoms with Gasteiger partial charge in [0.05, 0.1) is 11.4 Å². The van der Waals surface area contributed by atoms with Crippen molar-refractivity contribution in [3.63, 3.8) is 0 Å². The van der Waals surface area contributed by atoms with Gasteiger partial charge in [0.15, 0.2) is 0 Å². The van der Waals surface area contributed by atoms with Gasteiger partial charge in [-0.1, -0.05) is 0 Å². The Morgan fingerprint density at radius 3 is 2.26 bits per heavy atom. The highest BCUT2D eigenvalue weighted by molar-refractivity contribution is 5.73. The molecule has 1 aliphatic rings. The molecule has 1 saturated heterocycles. The van der Waals surface area contributed by atoms with Gasteiger partial charge < -0.3 is 20.4 Å². The fourth-order valence-electron chi connectivity index (χ4n) is 2.66. The lowest BCUT2D eigenvalue weighted by molar-refractivity contribution is 0.313. The summed E-state index contributed by atoms with van der Waals surface area (Å²) in [6, 6.07) is 6.48. The zero-order chi connectivity index (χ0) is 13.8. The van der Waals surface area contributed by atoms with E-state index in [0.717, 1.165) is 45.0 Å². The molecular weight excluding hydrogens is 236 g/mol. The fourth-order valence-corrected chi connectivity index (χ4v) is 2.66. The van der Waals surface area contributed by atoms with Crippen LogP contribution in [0.4, 0.5) is 17.1 Å². The highest BCUT2D eigenvalue weighted by atomic mass is 15.3. The number of likely N-dealkylation sites (N-methyl/N-ethyl adjacent to an activating group) is 1. The molecule has 4 heteroatoms. The molecule has 0 radical (unpaired) electrons. The second-order valence-corrected chi connectivity index (χ2v) is 5.21. The van der Waals surface area contributed by atoms with Crippen LogP contribution in [0.3, 0.4) is 0 Å². The minimum absolute atomic E-state index is 0.897. The summed E-state index contributed by atoms with van der Waals surface area (Å²) in [7, 11) is 2.17. The molecule has 0 spiro atoms. The van der Waals surface area contributed by atoms with Crippen molar-refractivity contribution in [1.82, 2.24) is 4.90 Å². The van der Waals surface area contributed by atoms with E-state index in [1.54, 1.807) is 0 Å². The largest absolute Gasteiger partial charge is 0.397 e. The third-order valence-corrected chi connectivity index (χ3v) is 3.98. The van der Waals surface area contributed by atoms with Gasteiger partial charge >= 0.3 is 0 Å². The monoisotopic (exact) mass is 262 g/mol. The average molecular weight is 262 g/mol. The molecule has 106 valence electrons. The minimum atomic E-state index is 0.897. The summed E-state index contributed by atoms with van der Waals surface area (Å²) in [6.45, 7) is 10.7. The number of nitrogen functional groups attached to an aromatic ring is 1. The average Bonchev–Trinajstić information content (AvgIpc) is 2.42. The van der Waals surface area contributed by atoms with Gasteiger partial charge in [0, 0.05) is 45.0 Å². The normalized spacial score (nSPS) is 16.7. The van der Waals surface area contributed by atoms with Crippen LogP contribution in [-0.2, 0) is 0 Å². The standard InChI is InChI=1S/C15H26N4/c1-4-18(5-2)13-6-7-15(14(16)12-13)19-10-8-17(3)9-11-19/h6-7,12H,4-5,8-11,16H2,1-3H3. The molecule has 0 bridgehead atoms. The van der Waals surface area contributed by atoms with Crippen LogP contribution < -0.4 is 15.5 Å². The Balaban J connectivity index is 2.15. The maximum absolute atomic E-state index is 6.25. The first-order valence-electron chi connectivity index (χ1n) is 7.23. The molecule has 2 rings (SSSR count). The Morgan fingerprint density at radius 2 is 1.74 bits per heavy atom. The van der Waals surface area contributed by atoms with Crippen LogP contribution in [0.1, 0.15) is 13.8 Å². The highest BCUT2D eigenvalue weighted by Gasteiger charge is 2.16. The third-order valence-electron chi connectivity index (χ3n) is 3.98. The van der Waals surface area contributed by atoms with E-state index in [4.69, 9.17) is 5.73 Å². The summed E-state index contributed by atoms with van der Waals surface area (Å²) in [6.07, 6.45) is 0. The smallest absolute Gasteiger partial charge is 0.0602 e. The summed E-state index contributed by atoms with van der Waals surface area (Å²) >= 11 is 0. The van der Waals surface area contributed by atoms with E-state index in [1.165, 1.54) is 11.4 Å². The quantitative estimate of drug-likeness (QED) is 0.840. The molecule has 1 fully saturated rings. The Bertz CT molecular complexity index is 407. The molecular formula is C15H26N4. The SMILES string of the molecule is CCN(CC)c1ccc(N2CCN(C)CC2)c(N)c1. The van der Waals surface area contributed by atoms with Gasteiger partial charge in [-0.25, -0.2) is 0 Å². The fraction of sp³-hybridized carbons (Fsp3) is 0.600. The number of anilines is 3. The Hall–Kier alpha value is -1.42. The van der Waals surface area contributed by atoms with Gasteiger partial charge in [0.1, 0.15) is 0 Å². The van der Waals surface area contributed by atoms with Crippen LogP contribution >= 0.6 is 0 Å². The molecule has 0 saturated carbocycles. The molecule has 0 aliphatic carbocycles. The predicted molar refractivity (Wildman–Crippen MR) is 84.1 cm³/mol. The molecule has 0 unspecified atom stereocenters. The molecule has 0 amide bonds. The van der Waals surface area contributed by atoms with Crippen molar-refractivity contribution in [2.24, 2.45) is 0 Å². The van der Waals surface area contributed by atoms with E-state index in [2.05, 4.69) is 53.8 Å². The van der Waals surface area contributed by atoms with E-state index in [-0.39, 0.29) is 0 Å². The number of nitrogens with zero attached hydrogens (tertiary/aromatic N) is 3. The molecule has 1 heterocycles. The van der Waals surface area contributed by atoms with Crippen molar-refractivity contribution >= 4 is 17.1 Å². The summed E-state index contributed by atoms with van der Waals surface area (Å²) in [4.78, 5) is 7.07. The number of benzene rings is 1. The van der Waals surface area contributed by atoms with Crippen molar-refractivity contribution < 1.29 is 0 Å². The van der Waals surface area contributed by atoms with E-state index in [0.29, 0.717) is 0 Å². The van der Waals surface area contributed by atoms with E-state index in [1.807, 2.05) is 0 Å². The van der Waals surface area contributed by atoms with Crippen LogP contribution in [0.5, 0.6) is 0 Å². The zero-order valence-corrected chi connectivity index (χ0v) is 12.4. The maximum Gasteiger partial charge on any atom is 0.0602 e. The van der Waals surface area contributed by atoms with Crippen LogP contribution in [0, 0.1) is 0 Å². The Morgan fingerprint density at radius 1 is 1.11 bits per heavy atom. The van der Waals surface area contributed by atoms with Crippen molar-refractivity contribution in [1.29, 1.82) is 0 Å². The topological polar surface area (TPSA) is 35.7 Å². The third kappa shape index (κ3) is 3.13. The molecule has 2 N–H and O–H groups in total. The molecule has 4 nitrogen and oxygen atoms in total. The molecule has 1 aromatic carbocycles. The lowest BCUT2D eigenvalue weighted by Gasteiger charge is -2.35. The first-order chi connectivity index (χ1) is 9.15. The number of rotatable bonds is 4. The number of hydrogen-bond acceptors (Lipinski definition) is 4. The second-order valence-electron chi connectivity index (χ2n) is 5.21. The van der Waals surface area contributed by atoms with Crippen molar-refractivity contribution in [2.75, 3.05) is 61.8 Å². The van der Waals surface area contributed by atoms with Crippen molar-refractivity contribution in [3.05, 3.63) is 18.2 Å². The predicted octanol–water partition coefficient (Wildman–Crippen LogP) is 1.87. The maximum atomic E-state index is 6.25. The lowest BCUT2D eigenvalue weighted by atomic mass is 10.2. The molecule has 0 atom stereocenters. The van der Waals surface area contributed by atoms with Crippen LogP contribution in [0.2, 0.25) is 0 Å². The molecule has 1 aliphatic heterocycles.